The highest BCUT2D eigenvalue weighted by atomic mass is 16.7. The van der Waals surface area contributed by atoms with Gasteiger partial charge in [0, 0.05) is 11.1 Å². The molecule has 2 fully saturated rings. The Labute approximate surface area is 250 Å². The second-order valence-electron chi connectivity index (χ2n) is 13.4. The molecule has 0 saturated carbocycles. The van der Waals surface area contributed by atoms with Crippen LogP contribution in [-0.2, 0) is 18.6 Å². The fourth-order valence-electron chi connectivity index (χ4n) is 5.28. The summed E-state index contributed by atoms with van der Waals surface area (Å²) < 4.78 is 26.0. The predicted molar refractivity (Wildman–Crippen MR) is 172 cm³/mol. The molecule has 6 rings (SSSR count). The highest BCUT2D eigenvalue weighted by molar-refractivity contribution is 6.66. The van der Waals surface area contributed by atoms with Crippen molar-refractivity contribution in [2.24, 2.45) is 0 Å². The molecule has 2 saturated heterocycles. The fourth-order valence-corrected chi connectivity index (χ4v) is 5.28. The quantitative estimate of drug-likeness (QED) is 0.256. The lowest BCUT2D eigenvalue weighted by molar-refractivity contribution is 0.00578. The Morgan fingerprint density at radius 2 is 0.762 bits per heavy atom. The molecule has 0 unspecified atom stereocenters. The van der Waals surface area contributed by atoms with E-state index in [0.29, 0.717) is 0 Å². The molecular formula is C35H39B2NO4. The maximum absolute atomic E-state index is 6.51. The molecule has 0 N–H and O–H groups in total. The van der Waals surface area contributed by atoms with Crippen LogP contribution in [0, 0.1) is 0 Å². The number of hydrogen-bond donors (Lipinski definition) is 0. The monoisotopic (exact) mass is 559 g/mol. The summed E-state index contributed by atoms with van der Waals surface area (Å²) in [6.07, 6.45) is 0. The first-order valence-electron chi connectivity index (χ1n) is 14.7. The lowest BCUT2D eigenvalue weighted by Crippen LogP contribution is -2.41. The summed E-state index contributed by atoms with van der Waals surface area (Å²) in [6, 6.07) is 31.3. The van der Waals surface area contributed by atoms with Gasteiger partial charge in [0.15, 0.2) is 0 Å². The number of hydrogen-bond acceptors (Lipinski definition) is 5. The van der Waals surface area contributed by atoms with Gasteiger partial charge in [-0.25, -0.2) is 4.98 Å². The highest BCUT2D eigenvalue weighted by Crippen LogP contribution is 2.39. The van der Waals surface area contributed by atoms with E-state index >= 15 is 0 Å². The van der Waals surface area contributed by atoms with Crippen LogP contribution in [0.15, 0.2) is 91.0 Å². The van der Waals surface area contributed by atoms with E-state index in [-0.39, 0.29) is 0 Å². The molecule has 0 aliphatic carbocycles. The summed E-state index contributed by atoms with van der Waals surface area (Å²) >= 11 is 0. The van der Waals surface area contributed by atoms with E-state index in [0.717, 1.165) is 44.6 Å². The largest absolute Gasteiger partial charge is 0.494 e. The SMILES string of the molecule is CC1(C)OB(c2cc(B3OC(C)(C)C(C)(C)O3)cc(-c3cc(-c4ccccc4)nc(-c4ccccc4)c3)c2)OC1(C)C. The zero-order valence-corrected chi connectivity index (χ0v) is 25.9. The fraction of sp³-hybridized carbons (Fsp3) is 0.343. The van der Waals surface area contributed by atoms with Crippen LogP contribution in [-0.4, -0.2) is 41.6 Å². The third-order valence-electron chi connectivity index (χ3n) is 9.33. The molecule has 0 bridgehead atoms. The summed E-state index contributed by atoms with van der Waals surface area (Å²) in [5.74, 6) is 0. The molecule has 2 aliphatic heterocycles. The molecule has 3 aromatic carbocycles. The Kier molecular flexibility index (Phi) is 7.01. The molecule has 0 radical (unpaired) electrons. The van der Waals surface area contributed by atoms with E-state index < -0.39 is 36.6 Å². The van der Waals surface area contributed by atoms with Gasteiger partial charge in [-0.15, -0.1) is 0 Å². The molecule has 7 heteroatoms. The zero-order valence-electron chi connectivity index (χ0n) is 25.9. The van der Waals surface area contributed by atoms with Crippen molar-refractivity contribution < 1.29 is 18.6 Å². The average Bonchev–Trinajstić information content (AvgIpc) is 3.33. The van der Waals surface area contributed by atoms with E-state index in [1.54, 1.807) is 0 Å². The minimum atomic E-state index is -0.528. The number of benzene rings is 3. The van der Waals surface area contributed by atoms with Crippen LogP contribution in [0.1, 0.15) is 55.4 Å². The zero-order chi connectivity index (χ0) is 29.9. The number of aromatic nitrogens is 1. The summed E-state index contributed by atoms with van der Waals surface area (Å²) in [4.78, 5) is 5.08. The van der Waals surface area contributed by atoms with Crippen molar-refractivity contribution in [3.63, 3.8) is 0 Å². The first-order valence-corrected chi connectivity index (χ1v) is 14.7. The predicted octanol–water partition coefficient (Wildman–Crippen LogP) is 6.68. The van der Waals surface area contributed by atoms with E-state index in [2.05, 4.69) is 110 Å². The van der Waals surface area contributed by atoms with Crippen molar-refractivity contribution in [3.8, 4) is 33.6 Å². The van der Waals surface area contributed by atoms with Gasteiger partial charge in [-0.3, -0.25) is 0 Å². The van der Waals surface area contributed by atoms with Crippen LogP contribution in [0.5, 0.6) is 0 Å². The normalized spacial score (nSPS) is 20.2. The van der Waals surface area contributed by atoms with Gasteiger partial charge in [0.2, 0.25) is 0 Å². The summed E-state index contributed by atoms with van der Waals surface area (Å²) in [7, 11) is -1.06. The van der Waals surface area contributed by atoms with Crippen molar-refractivity contribution >= 4 is 25.2 Å². The molecule has 5 nitrogen and oxygen atoms in total. The Hall–Kier alpha value is -3.22. The topological polar surface area (TPSA) is 49.8 Å². The van der Waals surface area contributed by atoms with Gasteiger partial charge in [0.05, 0.1) is 33.8 Å². The van der Waals surface area contributed by atoms with Crippen LogP contribution in [0.25, 0.3) is 33.6 Å². The second-order valence-corrected chi connectivity index (χ2v) is 13.4. The minimum Gasteiger partial charge on any atom is -0.399 e. The van der Waals surface area contributed by atoms with E-state index in [1.807, 2.05) is 36.4 Å². The first-order chi connectivity index (χ1) is 19.7. The Morgan fingerprint density at radius 3 is 1.12 bits per heavy atom. The summed E-state index contributed by atoms with van der Waals surface area (Å²) in [6.45, 7) is 16.6. The standard InChI is InChI=1S/C35H39B2NO4/c1-32(2)33(3,4)40-36(39-32)28-19-26(20-29(23-28)37-41-34(5,6)35(7,8)42-37)27-21-30(24-15-11-9-12-16-24)38-31(22-27)25-17-13-10-14-18-25/h9-23H,1-8H3. The average molecular weight is 559 g/mol. The van der Waals surface area contributed by atoms with Gasteiger partial charge in [0.25, 0.3) is 0 Å². The molecule has 42 heavy (non-hydrogen) atoms. The van der Waals surface area contributed by atoms with Crippen molar-refractivity contribution in [3.05, 3.63) is 91.0 Å². The van der Waals surface area contributed by atoms with Crippen LogP contribution >= 0.6 is 0 Å². The van der Waals surface area contributed by atoms with Gasteiger partial charge in [-0.05, 0) is 89.6 Å². The molecule has 0 atom stereocenters. The molecule has 214 valence electrons. The summed E-state index contributed by atoms with van der Waals surface area (Å²) in [5, 5.41) is 0. The number of nitrogens with zero attached hydrogens (tertiary/aromatic N) is 1. The Bertz CT molecular complexity index is 1460. The number of pyridine rings is 1. The van der Waals surface area contributed by atoms with E-state index in [4.69, 9.17) is 23.6 Å². The van der Waals surface area contributed by atoms with Gasteiger partial charge < -0.3 is 18.6 Å². The molecule has 4 aromatic rings. The summed E-state index contributed by atoms with van der Waals surface area (Å²) in [5.41, 5.74) is 6.00. The van der Waals surface area contributed by atoms with E-state index in [1.165, 1.54) is 0 Å². The molecule has 2 aliphatic rings. The smallest absolute Gasteiger partial charge is 0.399 e. The van der Waals surface area contributed by atoms with Crippen molar-refractivity contribution in [1.82, 2.24) is 4.98 Å². The molecular weight excluding hydrogens is 520 g/mol. The molecule has 0 amide bonds. The number of rotatable bonds is 5. The van der Waals surface area contributed by atoms with Crippen molar-refractivity contribution in [2.45, 2.75) is 77.8 Å². The maximum Gasteiger partial charge on any atom is 0.494 e. The maximum atomic E-state index is 6.51. The third-order valence-corrected chi connectivity index (χ3v) is 9.33. The van der Waals surface area contributed by atoms with Gasteiger partial charge >= 0.3 is 14.2 Å². The van der Waals surface area contributed by atoms with Crippen LogP contribution in [0.2, 0.25) is 0 Å². The van der Waals surface area contributed by atoms with Crippen molar-refractivity contribution in [1.29, 1.82) is 0 Å². The molecule has 0 spiro atoms. The minimum absolute atomic E-state index is 0.462. The van der Waals surface area contributed by atoms with Crippen LogP contribution in [0.3, 0.4) is 0 Å². The molecule has 1 aromatic heterocycles. The highest BCUT2D eigenvalue weighted by Gasteiger charge is 2.54. The lowest BCUT2D eigenvalue weighted by Gasteiger charge is -2.32. The Morgan fingerprint density at radius 1 is 0.429 bits per heavy atom. The van der Waals surface area contributed by atoms with Gasteiger partial charge in [0.1, 0.15) is 0 Å². The first kappa shape index (κ1) is 28.9. The van der Waals surface area contributed by atoms with Gasteiger partial charge in [-0.2, -0.15) is 0 Å². The lowest BCUT2D eigenvalue weighted by atomic mass is 9.70. The second kappa shape index (κ2) is 10.2. The Balaban J connectivity index is 1.52. The third kappa shape index (κ3) is 5.24. The van der Waals surface area contributed by atoms with E-state index in [9.17, 15) is 0 Å². The molecule has 3 heterocycles. The van der Waals surface area contributed by atoms with Gasteiger partial charge in [-0.1, -0.05) is 78.9 Å². The van der Waals surface area contributed by atoms with Crippen molar-refractivity contribution in [2.75, 3.05) is 0 Å². The van der Waals surface area contributed by atoms with Crippen LogP contribution in [0.4, 0.5) is 0 Å². The van der Waals surface area contributed by atoms with Crippen LogP contribution < -0.4 is 10.9 Å².